The number of piperidine rings is 1. The lowest BCUT2D eigenvalue weighted by molar-refractivity contribution is 0.136. The van der Waals surface area contributed by atoms with Crippen LogP contribution in [-0.2, 0) is 6.54 Å². The van der Waals surface area contributed by atoms with E-state index in [1.54, 1.807) is 0 Å². The van der Waals surface area contributed by atoms with Gasteiger partial charge in [0.2, 0.25) is 5.89 Å². The van der Waals surface area contributed by atoms with Gasteiger partial charge in [0.25, 0.3) is 0 Å². The second-order valence-corrected chi connectivity index (χ2v) is 5.45. The van der Waals surface area contributed by atoms with Gasteiger partial charge in [0, 0.05) is 13.5 Å². The highest BCUT2D eigenvalue weighted by molar-refractivity contribution is 4.86. The van der Waals surface area contributed by atoms with E-state index >= 15 is 0 Å². The summed E-state index contributed by atoms with van der Waals surface area (Å²) in [5.41, 5.74) is 0.408. The molecule has 2 rings (SSSR count). The minimum absolute atomic E-state index is 0.408. The Hall–Kier alpha value is -0.940. The molecule has 0 atom stereocenters. The number of nitrogens with one attached hydrogen (secondary N) is 1. The summed E-state index contributed by atoms with van der Waals surface area (Å²) in [6.07, 6.45) is 2.50. The summed E-state index contributed by atoms with van der Waals surface area (Å²) >= 11 is 0. The zero-order chi connectivity index (χ0) is 12.3. The van der Waals surface area contributed by atoms with Crippen molar-refractivity contribution < 1.29 is 4.52 Å². The molecular formula is C12H22N4O. The first-order valence-corrected chi connectivity index (χ1v) is 6.26. The first-order valence-electron chi connectivity index (χ1n) is 6.26. The molecule has 0 aliphatic carbocycles. The van der Waals surface area contributed by atoms with E-state index in [9.17, 15) is 0 Å². The Morgan fingerprint density at radius 3 is 2.71 bits per heavy atom. The zero-order valence-corrected chi connectivity index (χ0v) is 11.0. The van der Waals surface area contributed by atoms with Crippen molar-refractivity contribution in [3.63, 3.8) is 0 Å². The second kappa shape index (κ2) is 5.14. The maximum absolute atomic E-state index is 4.94. The summed E-state index contributed by atoms with van der Waals surface area (Å²) in [6, 6.07) is 0. The molecule has 1 aliphatic rings. The molecule has 0 bridgehead atoms. The standard InChI is InChI=1S/C12H22N4O/c1-10-14-11(15-17-10)8-13-9-12(2)4-6-16(3)7-5-12/h13H,4-9H2,1-3H3. The first kappa shape index (κ1) is 12.5. The Balaban J connectivity index is 1.74. The van der Waals surface area contributed by atoms with Crippen molar-refractivity contribution >= 4 is 0 Å². The summed E-state index contributed by atoms with van der Waals surface area (Å²) in [6.45, 7) is 8.28. The van der Waals surface area contributed by atoms with E-state index in [0.29, 0.717) is 17.9 Å². The lowest BCUT2D eigenvalue weighted by Gasteiger charge is -2.38. The van der Waals surface area contributed by atoms with Gasteiger partial charge in [-0.3, -0.25) is 0 Å². The van der Waals surface area contributed by atoms with E-state index in [0.717, 1.165) is 12.4 Å². The fraction of sp³-hybridized carbons (Fsp3) is 0.833. The first-order chi connectivity index (χ1) is 8.07. The topological polar surface area (TPSA) is 54.2 Å². The molecule has 0 amide bonds. The minimum atomic E-state index is 0.408. The van der Waals surface area contributed by atoms with Crippen LogP contribution < -0.4 is 5.32 Å². The Kier molecular flexibility index (Phi) is 3.79. The van der Waals surface area contributed by atoms with Crippen molar-refractivity contribution in [2.75, 3.05) is 26.7 Å². The van der Waals surface area contributed by atoms with Gasteiger partial charge < -0.3 is 14.7 Å². The lowest BCUT2D eigenvalue weighted by atomic mass is 9.80. The van der Waals surface area contributed by atoms with Crippen LogP contribution in [0.4, 0.5) is 0 Å². The van der Waals surface area contributed by atoms with Gasteiger partial charge in [-0.1, -0.05) is 12.1 Å². The minimum Gasteiger partial charge on any atom is -0.340 e. The van der Waals surface area contributed by atoms with Gasteiger partial charge in [-0.25, -0.2) is 0 Å². The lowest BCUT2D eigenvalue weighted by Crippen LogP contribution is -2.41. The molecule has 1 fully saturated rings. The molecule has 1 aromatic heterocycles. The van der Waals surface area contributed by atoms with E-state index in [4.69, 9.17) is 4.52 Å². The van der Waals surface area contributed by atoms with Crippen molar-refractivity contribution in [1.82, 2.24) is 20.4 Å². The number of aryl methyl sites for hydroxylation is 1. The molecule has 96 valence electrons. The van der Waals surface area contributed by atoms with Crippen LogP contribution in [-0.4, -0.2) is 41.7 Å². The third-order valence-electron chi connectivity index (χ3n) is 3.60. The molecule has 1 N–H and O–H groups in total. The maximum atomic E-state index is 4.94. The summed E-state index contributed by atoms with van der Waals surface area (Å²) in [4.78, 5) is 6.57. The highest BCUT2D eigenvalue weighted by atomic mass is 16.5. The largest absolute Gasteiger partial charge is 0.340 e. The molecule has 0 aromatic carbocycles. The monoisotopic (exact) mass is 238 g/mol. The van der Waals surface area contributed by atoms with Crippen molar-refractivity contribution in [1.29, 1.82) is 0 Å². The summed E-state index contributed by atoms with van der Waals surface area (Å²) in [5.74, 6) is 1.38. The van der Waals surface area contributed by atoms with Crippen molar-refractivity contribution in [3.05, 3.63) is 11.7 Å². The van der Waals surface area contributed by atoms with Crippen LogP contribution >= 0.6 is 0 Å². The van der Waals surface area contributed by atoms with Gasteiger partial charge in [-0.05, 0) is 38.4 Å². The van der Waals surface area contributed by atoms with E-state index < -0.39 is 0 Å². The fourth-order valence-electron chi connectivity index (χ4n) is 2.22. The van der Waals surface area contributed by atoms with Crippen LogP contribution in [0.25, 0.3) is 0 Å². The highest BCUT2D eigenvalue weighted by Crippen LogP contribution is 2.29. The molecule has 0 unspecified atom stereocenters. The Bertz CT molecular complexity index is 355. The molecule has 1 saturated heterocycles. The fourth-order valence-corrected chi connectivity index (χ4v) is 2.22. The smallest absolute Gasteiger partial charge is 0.223 e. The van der Waals surface area contributed by atoms with E-state index in [1.165, 1.54) is 25.9 Å². The molecule has 5 nitrogen and oxygen atoms in total. The van der Waals surface area contributed by atoms with Crippen LogP contribution in [0.3, 0.4) is 0 Å². The third-order valence-corrected chi connectivity index (χ3v) is 3.60. The van der Waals surface area contributed by atoms with Gasteiger partial charge in [0.1, 0.15) is 0 Å². The average Bonchev–Trinajstić information content (AvgIpc) is 2.69. The average molecular weight is 238 g/mol. The second-order valence-electron chi connectivity index (χ2n) is 5.45. The number of hydrogen-bond acceptors (Lipinski definition) is 5. The Morgan fingerprint density at radius 2 is 2.12 bits per heavy atom. The van der Waals surface area contributed by atoms with E-state index in [1.807, 2.05) is 6.92 Å². The van der Waals surface area contributed by atoms with Crippen LogP contribution in [0.1, 0.15) is 31.5 Å². The van der Waals surface area contributed by atoms with Gasteiger partial charge in [-0.2, -0.15) is 4.98 Å². The third kappa shape index (κ3) is 3.51. The summed E-state index contributed by atoms with van der Waals surface area (Å²) in [7, 11) is 2.19. The van der Waals surface area contributed by atoms with E-state index in [-0.39, 0.29) is 0 Å². The molecule has 1 aliphatic heterocycles. The molecule has 0 radical (unpaired) electrons. The molecule has 17 heavy (non-hydrogen) atoms. The highest BCUT2D eigenvalue weighted by Gasteiger charge is 2.28. The molecule has 0 saturated carbocycles. The quantitative estimate of drug-likeness (QED) is 0.854. The zero-order valence-electron chi connectivity index (χ0n) is 11.0. The maximum Gasteiger partial charge on any atom is 0.223 e. The normalized spacial score (nSPS) is 20.6. The Morgan fingerprint density at radius 1 is 1.41 bits per heavy atom. The van der Waals surface area contributed by atoms with Crippen LogP contribution in [0.2, 0.25) is 0 Å². The molecular weight excluding hydrogens is 216 g/mol. The van der Waals surface area contributed by atoms with Crippen molar-refractivity contribution in [2.45, 2.75) is 33.2 Å². The number of aromatic nitrogens is 2. The SMILES string of the molecule is Cc1nc(CNCC2(C)CCN(C)CC2)no1. The molecule has 5 heteroatoms. The molecule has 2 heterocycles. The van der Waals surface area contributed by atoms with Gasteiger partial charge in [0.05, 0.1) is 6.54 Å². The van der Waals surface area contributed by atoms with Gasteiger partial charge >= 0.3 is 0 Å². The number of hydrogen-bond donors (Lipinski definition) is 1. The Labute approximate surface area is 103 Å². The molecule has 0 spiro atoms. The number of rotatable bonds is 4. The van der Waals surface area contributed by atoms with Crippen LogP contribution in [0, 0.1) is 12.3 Å². The number of nitrogens with zero attached hydrogens (tertiary/aromatic N) is 3. The van der Waals surface area contributed by atoms with Crippen LogP contribution in [0.15, 0.2) is 4.52 Å². The van der Waals surface area contributed by atoms with Crippen LogP contribution in [0.5, 0.6) is 0 Å². The summed E-state index contributed by atoms with van der Waals surface area (Å²) < 4.78 is 4.94. The number of likely N-dealkylation sites (tertiary alicyclic amines) is 1. The van der Waals surface area contributed by atoms with E-state index in [2.05, 4.69) is 34.3 Å². The summed E-state index contributed by atoms with van der Waals surface area (Å²) in [5, 5.41) is 7.31. The van der Waals surface area contributed by atoms with Gasteiger partial charge in [0.15, 0.2) is 5.82 Å². The van der Waals surface area contributed by atoms with Crippen molar-refractivity contribution in [2.24, 2.45) is 5.41 Å². The molecule has 1 aromatic rings. The van der Waals surface area contributed by atoms with Crippen molar-refractivity contribution in [3.8, 4) is 0 Å². The predicted molar refractivity (Wildman–Crippen MR) is 65.6 cm³/mol. The predicted octanol–water partition coefficient (Wildman–Crippen LogP) is 1.20. The van der Waals surface area contributed by atoms with Gasteiger partial charge in [-0.15, -0.1) is 0 Å².